The van der Waals surface area contributed by atoms with Crippen LogP contribution in [0.3, 0.4) is 0 Å². The van der Waals surface area contributed by atoms with Gasteiger partial charge < -0.3 is 15.5 Å². The van der Waals surface area contributed by atoms with Crippen LogP contribution < -0.4 is 5.32 Å². The van der Waals surface area contributed by atoms with E-state index in [9.17, 15) is 19.8 Å². The van der Waals surface area contributed by atoms with E-state index < -0.39 is 11.4 Å². The van der Waals surface area contributed by atoms with Gasteiger partial charge in [0.05, 0.1) is 16.1 Å². The van der Waals surface area contributed by atoms with Crippen LogP contribution in [0.25, 0.3) is 22.4 Å². The van der Waals surface area contributed by atoms with Crippen molar-refractivity contribution < 1.29 is 19.8 Å². The number of phenolic OH excluding ortho intramolecular Hbond substituents is 1. The Hall–Kier alpha value is -3.90. The quantitative estimate of drug-likeness (QED) is 0.412. The van der Waals surface area contributed by atoms with Gasteiger partial charge in [-0.25, -0.2) is 4.79 Å². The molecule has 3 unspecified atom stereocenters. The molecule has 0 saturated heterocycles. The summed E-state index contributed by atoms with van der Waals surface area (Å²) in [6.07, 6.45) is 6.68. The van der Waals surface area contributed by atoms with Crippen LogP contribution in [0.1, 0.15) is 25.3 Å². The van der Waals surface area contributed by atoms with Crippen LogP contribution in [0.2, 0.25) is 5.02 Å². The normalized spacial score (nSPS) is 24.1. The fourth-order valence-corrected chi connectivity index (χ4v) is 6.03. The third-order valence-electron chi connectivity index (χ3n) is 7.79. The number of para-hydroxylation sites is 1. The number of phenols is 1. The SMILES string of the molecule is CC1=C(C(=O)O)CC(C2CC23C(=O)Nc2cc(Cl)c(-c4ccc(-c5ccccc5O)cn4)cc23)C=C1. The lowest BCUT2D eigenvalue weighted by Gasteiger charge is -2.21. The van der Waals surface area contributed by atoms with Gasteiger partial charge in [0.25, 0.3) is 0 Å². The summed E-state index contributed by atoms with van der Waals surface area (Å²) in [7, 11) is 0. The number of amides is 1. The molecule has 6 nitrogen and oxygen atoms in total. The molecule has 1 spiro atoms. The number of carbonyl (C=O) groups excluding carboxylic acids is 1. The Bertz CT molecular complexity index is 1510. The molecule has 2 heterocycles. The highest BCUT2D eigenvalue weighted by molar-refractivity contribution is 6.34. The van der Waals surface area contributed by atoms with Gasteiger partial charge in [0.15, 0.2) is 0 Å². The average molecular weight is 499 g/mol. The van der Waals surface area contributed by atoms with E-state index in [1.54, 1.807) is 24.4 Å². The van der Waals surface area contributed by atoms with Crippen LogP contribution in [0.15, 0.2) is 78.0 Å². The van der Waals surface area contributed by atoms with Crippen molar-refractivity contribution in [2.45, 2.75) is 25.2 Å². The number of allylic oxidation sites excluding steroid dienone is 3. The highest BCUT2D eigenvalue weighted by Crippen LogP contribution is 2.65. The van der Waals surface area contributed by atoms with Gasteiger partial charge in [-0.2, -0.15) is 0 Å². The predicted molar refractivity (Wildman–Crippen MR) is 138 cm³/mol. The van der Waals surface area contributed by atoms with E-state index >= 15 is 0 Å². The van der Waals surface area contributed by atoms with Crippen LogP contribution >= 0.6 is 11.6 Å². The molecule has 1 saturated carbocycles. The number of aromatic hydroxyl groups is 1. The van der Waals surface area contributed by atoms with Gasteiger partial charge in [-0.15, -0.1) is 0 Å². The first-order valence-electron chi connectivity index (χ1n) is 11.8. The molecule has 2 aromatic carbocycles. The second-order valence-corrected chi connectivity index (χ2v) is 10.2. The Morgan fingerprint density at radius 1 is 1.17 bits per heavy atom. The summed E-state index contributed by atoms with van der Waals surface area (Å²) in [4.78, 5) is 29.5. The molecule has 1 fully saturated rings. The molecule has 3 aromatic rings. The van der Waals surface area contributed by atoms with Gasteiger partial charge >= 0.3 is 5.97 Å². The van der Waals surface area contributed by atoms with Crippen molar-refractivity contribution in [1.29, 1.82) is 0 Å². The smallest absolute Gasteiger partial charge is 0.331 e. The van der Waals surface area contributed by atoms with E-state index in [0.29, 0.717) is 40.4 Å². The average Bonchev–Trinajstić information content (AvgIpc) is 3.55. The maximum absolute atomic E-state index is 13.2. The number of halogens is 1. The molecule has 1 aliphatic heterocycles. The molecular formula is C29H23ClN2O4. The summed E-state index contributed by atoms with van der Waals surface area (Å²) >= 11 is 6.63. The zero-order valence-corrected chi connectivity index (χ0v) is 20.2. The number of carboxylic acid groups (broad SMARTS) is 1. The van der Waals surface area contributed by atoms with Crippen LogP contribution in [-0.2, 0) is 15.0 Å². The summed E-state index contributed by atoms with van der Waals surface area (Å²) in [5.74, 6) is -0.786. The van der Waals surface area contributed by atoms with Gasteiger partial charge in [0, 0.05) is 34.1 Å². The number of anilines is 1. The first-order chi connectivity index (χ1) is 17.3. The first-order valence-corrected chi connectivity index (χ1v) is 12.2. The molecule has 6 rings (SSSR count). The number of benzene rings is 2. The predicted octanol–water partition coefficient (Wildman–Crippen LogP) is 5.96. The van der Waals surface area contributed by atoms with Crippen LogP contribution in [0.5, 0.6) is 5.75 Å². The van der Waals surface area contributed by atoms with Gasteiger partial charge in [-0.3, -0.25) is 9.78 Å². The number of pyridine rings is 1. The lowest BCUT2D eigenvalue weighted by molar-refractivity contribution is -0.133. The molecule has 7 heteroatoms. The van der Waals surface area contributed by atoms with E-state index in [0.717, 1.165) is 22.3 Å². The molecule has 0 bridgehead atoms. The van der Waals surface area contributed by atoms with E-state index in [1.807, 2.05) is 49.4 Å². The third kappa shape index (κ3) is 3.36. The van der Waals surface area contributed by atoms with Crippen LogP contribution in [0, 0.1) is 11.8 Å². The fraction of sp³-hybridized carbons (Fsp3) is 0.207. The van der Waals surface area contributed by atoms with E-state index in [-0.39, 0.29) is 23.5 Å². The molecule has 3 aliphatic rings. The van der Waals surface area contributed by atoms with E-state index in [1.165, 1.54) is 0 Å². The zero-order chi connectivity index (χ0) is 25.2. The Morgan fingerprint density at radius 3 is 2.69 bits per heavy atom. The molecule has 2 aliphatic carbocycles. The minimum atomic E-state index is -0.903. The maximum atomic E-state index is 13.2. The number of nitrogens with one attached hydrogen (secondary N) is 1. The lowest BCUT2D eigenvalue weighted by atomic mass is 9.82. The number of hydrogen-bond donors (Lipinski definition) is 3. The van der Waals surface area contributed by atoms with Gasteiger partial charge in [-0.1, -0.05) is 48.0 Å². The number of nitrogens with zero attached hydrogens (tertiary/aromatic N) is 1. The van der Waals surface area contributed by atoms with Gasteiger partial charge in [0.2, 0.25) is 5.91 Å². The van der Waals surface area contributed by atoms with Crippen molar-refractivity contribution >= 4 is 29.2 Å². The molecular weight excluding hydrogens is 476 g/mol. The molecule has 1 aromatic heterocycles. The molecule has 3 atom stereocenters. The number of hydrogen-bond acceptors (Lipinski definition) is 4. The van der Waals surface area contributed by atoms with Crippen molar-refractivity contribution in [3.8, 4) is 28.1 Å². The molecule has 0 radical (unpaired) electrons. The number of carboxylic acids is 1. The Balaban J connectivity index is 1.34. The van der Waals surface area contributed by atoms with Crippen LogP contribution in [0.4, 0.5) is 5.69 Å². The van der Waals surface area contributed by atoms with Crippen molar-refractivity contribution in [3.05, 3.63) is 88.6 Å². The molecule has 36 heavy (non-hydrogen) atoms. The van der Waals surface area contributed by atoms with E-state index in [2.05, 4.69) is 10.3 Å². The summed E-state index contributed by atoms with van der Waals surface area (Å²) in [6.45, 7) is 1.81. The minimum Gasteiger partial charge on any atom is -0.507 e. The van der Waals surface area contributed by atoms with Crippen LogP contribution in [-0.4, -0.2) is 27.1 Å². The third-order valence-corrected chi connectivity index (χ3v) is 8.11. The summed E-state index contributed by atoms with van der Waals surface area (Å²) < 4.78 is 0. The Kier molecular flexibility index (Phi) is 5.05. The fourth-order valence-electron chi connectivity index (χ4n) is 5.77. The zero-order valence-electron chi connectivity index (χ0n) is 19.5. The Morgan fingerprint density at radius 2 is 1.97 bits per heavy atom. The second-order valence-electron chi connectivity index (χ2n) is 9.76. The second kappa shape index (κ2) is 8.07. The Labute approximate surface area is 213 Å². The topological polar surface area (TPSA) is 99.5 Å². The van der Waals surface area contributed by atoms with Crippen molar-refractivity contribution in [2.75, 3.05) is 5.32 Å². The largest absolute Gasteiger partial charge is 0.507 e. The monoisotopic (exact) mass is 498 g/mol. The first kappa shape index (κ1) is 22.6. The van der Waals surface area contributed by atoms with E-state index in [4.69, 9.17) is 11.6 Å². The number of carbonyl (C=O) groups is 2. The standard InChI is InChI=1S/C29H23ClN2O4/c1-15-6-7-16(10-19(15)27(34)35)22-13-29(22)21-11-20(23(30)12-25(21)32-28(29)36)24-9-8-17(14-31-24)18-4-2-3-5-26(18)33/h2-9,11-12,14,16,22,33H,10,13H2,1H3,(H,32,36)(H,34,35). The number of aromatic nitrogens is 1. The number of rotatable bonds is 4. The van der Waals surface area contributed by atoms with Crippen molar-refractivity contribution in [1.82, 2.24) is 4.98 Å². The number of aliphatic carboxylic acids is 1. The summed E-state index contributed by atoms with van der Waals surface area (Å²) in [5, 5.41) is 23.2. The lowest BCUT2D eigenvalue weighted by Crippen LogP contribution is -2.25. The molecule has 180 valence electrons. The highest BCUT2D eigenvalue weighted by atomic mass is 35.5. The summed E-state index contributed by atoms with van der Waals surface area (Å²) in [5.41, 5.74) is 4.94. The molecule has 1 amide bonds. The van der Waals surface area contributed by atoms with Gasteiger partial charge in [-0.05, 0) is 67.0 Å². The highest BCUT2D eigenvalue weighted by Gasteiger charge is 2.66. The van der Waals surface area contributed by atoms with Crippen molar-refractivity contribution in [3.63, 3.8) is 0 Å². The van der Waals surface area contributed by atoms with Gasteiger partial charge in [0.1, 0.15) is 5.75 Å². The van der Waals surface area contributed by atoms with Crippen molar-refractivity contribution in [2.24, 2.45) is 11.8 Å². The number of fused-ring (bicyclic) bond motifs is 2. The minimum absolute atomic E-state index is 0.0165. The summed E-state index contributed by atoms with van der Waals surface area (Å²) in [6, 6.07) is 14.5. The maximum Gasteiger partial charge on any atom is 0.331 e. The molecule has 3 N–H and O–H groups in total.